The van der Waals surface area contributed by atoms with Crippen molar-refractivity contribution in [3.05, 3.63) is 23.8 Å². The summed E-state index contributed by atoms with van der Waals surface area (Å²) in [6.07, 6.45) is 0. The highest BCUT2D eigenvalue weighted by Gasteiger charge is 2.25. The molecular formula is C13H18N2O3. The Morgan fingerprint density at radius 3 is 2.94 bits per heavy atom. The van der Waals surface area contributed by atoms with Crippen molar-refractivity contribution >= 4 is 11.6 Å². The standard InChI is InChI=1S/C13H18N2O3/c1-9-8-18-4-3-15(9)13(16)10-5-11(14)7-12(6-10)17-2/h5-7,9H,3-4,8,14H2,1-2H3. The average Bonchev–Trinajstić information content (AvgIpc) is 2.37. The van der Waals surface area contributed by atoms with Crippen molar-refractivity contribution in [2.45, 2.75) is 13.0 Å². The number of carbonyl (C=O) groups is 1. The highest BCUT2D eigenvalue weighted by Crippen LogP contribution is 2.21. The van der Waals surface area contributed by atoms with Crippen LogP contribution in [-0.2, 0) is 4.74 Å². The minimum absolute atomic E-state index is 0.0311. The molecule has 18 heavy (non-hydrogen) atoms. The van der Waals surface area contributed by atoms with Crippen LogP contribution in [0.4, 0.5) is 5.69 Å². The molecule has 0 saturated carbocycles. The molecule has 2 rings (SSSR count). The third kappa shape index (κ3) is 2.56. The van der Waals surface area contributed by atoms with Gasteiger partial charge in [0, 0.05) is 23.9 Å². The van der Waals surface area contributed by atoms with E-state index in [0.717, 1.165) is 0 Å². The number of rotatable bonds is 2. The van der Waals surface area contributed by atoms with E-state index < -0.39 is 0 Å². The fraction of sp³-hybridized carbons (Fsp3) is 0.462. The Bertz CT molecular complexity index is 448. The van der Waals surface area contributed by atoms with E-state index in [1.54, 1.807) is 30.2 Å². The van der Waals surface area contributed by atoms with Gasteiger partial charge in [-0.05, 0) is 19.1 Å². The fourth-order valence-corrected chi connectivity index (χ4v) is 2.06. The molecule has 0 bridgehead atoms. The molecule has 1 aromatic rings. The summed E-state index contributed by atoms with van der Waals surface area (Å²) in [6.45, 7) is 3.73. The Morgan fingerprint density at radius 1 is 1.50 bits per heavy atom. The molecule has 1 heterocycles. The monoisotopic (exact) mass is 250 g/mol. The van der Waals surface area contributed by atoms with E-state index >= 15 is 0 Å². The van der Waals surface area contributed by atoms with Crippen LogP contribution in [0, 0.1) is 0 Å². The van der Waals surface area contributed by atoms with Gasteiger partial charge in [0.05, 0.1) is 26.4 Å². The first-order valence-electron chi connectivity index (χ1n) is 5.95. The van der Waals surface area contributed by atoms with Gasteiger partial charge in [-0.3, -0.25) is 4.79 Å². The maximum atomic E-state index is 12.4. The van der Waals surface area contributed by atoms with Gasteiger partial charge in [-0.15, -0.1) is 0 Å². The number of hydrogen-bond acceptors (Lipinski definition) is 4. The number of amides is 1. The van der Waals surface area contributed by atoms with E-state index in [1.807, 2.05) is 6.92 Å². The molecular weight excluding hydrogens is 232 g/mol. The molecule has 98 valence electrons. The van der Waals surface area contributed by atoms with Crippen molar-refractivity contribution < 1.29 is 14.3 Å². The quantitative estimate of drug-likeness (QED) is 0.799. The van der Waals surface area contributed by atoms with Crippen LogP contribution in [0.2, 0.25) is 0 Å². The lowest BCUT2D eigenvalue weighted by Gasteiger charge is -2.33. The van der Waals surface area contributed by atoms with Crippen molar-refractivity contribution in [1.82, 2.24) is 4.90 Å². The summed E-state index contributed by atoms with van der Waals surface area (Å²) in [4.78, 5) is 14.2. The number of benzene rings is 1. The van der Waals surface area contributed by atoms with Gasteiger partial charge in [-0.1, -0.05) is 0 Å². The smallest absolute Gasteiger partial charge is 0.254 e. The number of nitrogen functional groups attached to an aromatic ring is 1. The van der Waals surface area contributed by atoms with E-state index in [-0.39, 0.29) is 11.9 Å². The lowest BCUT2D eigenvalue weighted by molar-refractivity contribution is 0.00358. The fourth-order valence-electron chi connectivity index (χ4n) is 2.06. The van der Waals surface area contributed by atoms with Crippen LogP contribution in [-0.4, -0.2) is 43.7 Å². The Morgan fingerprint density at radius 2 is 2.28 bits per heavy atom. The molecule has 1 fully saturated rings. The van der Waals surface area contributed by atoms with Crippen LogP contribution < -0.4 is 10.5 Å². The molecule has 5 nitrogen and oxygen atoms in total. The summed E-state index contributed by atoms with van der Waals surface area (Å²) in [5.41, 5.74) is 6.84. The number of methoxy groups -OCH3 is 1. The number of morpholine rings is 1. The first kappa shape index (κ1) is 12.7. The highest BCUT2D eigenvalue weighted by molar-refractivity contribution is 5.95. The SMILES string of the molecule is COc1cc(N)cc(C(=O)N2CCOCC2C)c1. The Kier molecular flexibility index (Phi) is 3.72. The second kappa shape index (κ2) is 5.27. The molecule has 0 aromatic heterocycles. The lowest BCUT2D eigenvalue weighted by atomic mass is 10.1. The zero-order valence-corrected chi connectivity index (χ0v) is 10.7. The molecule has 1 unspecified atom stereocenters. The second-order valence-corrected chi connectivity index (χ2v) is 4.42. The zero-order valence-electron chi connectivity index (χ0n) is 10.7. The third-order valence-electron chi connectivity index (χ3n) is 3.04. The summed E-state index contributed by atoms with van der Waals surface area (Å²) in [5.74, 6) is 0.565. The predicted molar refractivity (Wildman–Crippen MR) is 68.7 cm³/mol. The molecule has 1 aliphatic heterocycles. The first-order chi connectivity index (χ1) is 8.61. The third-order valence-corrected chi connectivity index (χ3v) is 3.04. The zero-order chi connectivity index (χ0) is 13.1. The van der Waals surface area contributed by atoms with Crippen LogP contribution in [0.25, 0.3) is 0 Å². The first-order valence-corrected chi connectivity index (χ1v) is 5.95. The Labute approximate surface area is 106 Å². The minimum atomic E-state index is -0.0311. The highest BCUT2D eigenvalue weighted by atomic mass is 16.5. The van der Waals surface area contributed by atoms with E-state index in [4.69, 9.17) is 15.2 Å². The number of nitrogens with zero attached hydrogens (tertiary/aromatic N) is 1. The van der Waals surface area contributed by atoms with Crippen molar-refractivity contribution in [1.29, 1.82) is 0 Å². The molecule has 0 aliphatic carbocycles. The van der Waals surface area contributed by atoms with Gasteiger partial charge < -0.3 is 20.1 Å². The number of carbonyl (C=O) groups excluding carboxylic acids is 1. The van der Waals surface area contributed by atoms with Gasteiger partial charge in [0.2, 0.25) is 0 Å². The van der Waals surface area contributed by atoms with Gasteiger partial charge in [-0.25, -0.2) is 0 Å². The van der Waals surface area contributed by atoms with E-state index in [0.29, 0.717) is 36.8 Å². The van der Waals surface area contributed by atoms with E-state index in [9.17, 15) is 4.79 Å². The van der Waals surface area contributed by atoms with Crippen LogP contribution >= 0.6 is 0 Å². The predicted octanol–water partition coefficient (Wildman–Crippen LogP) is 1.14. The summed E-state index contributed by atoms with van der Waals surface area (Å²) < 4.78 is 10.4. The molecule has 1 aromatic carbocycles. The van der Waals surface area contributed by atoms with Crippen LogP contribution in [0.15, 0.2) is 18.2 Å². The van der Waals surface area contributed by atoms with Gasteiger partial charge >= 0.3 is 0 Å². The molecule has 0 spiro atoms. The summed E-state index contributed by atoms with van der Waals surface area (Å²) >= 11 is 0. The number of hydrogen-bond donors (Lipinski definition) is 1. The molecule has 1 aliphatic rings. The summed E-state index contributed by atoms with van der Waals surface area (Å²) in [7, 11) is 1.56. The number of nitrogens with two attached hydrogens (primary N) is 1. The van der Waals surface area contributed by atoms with E-state index in [1.165, 1.54) is 0 Å². The van der Waals surface area contributed by atoms with E-state index in [2.05, 4.69) is 0 Å². The van der Waals surface area contributed by atoms with Crippen LogP contribution in [0.5, 0.6) is 5.75 Å². The Hall–Kier alpha value is -1.75. The molecule has 1 saturated heterocycles. The molecule has 5 heteroatoms. The average molecular weight is 250 g/mol. The van der Waals surface area contributed by atoms with Crippen molar-refractivity contribution in [2.24, 2.45) is 0 Å². The normalized spacial score (nSPS) is 19.7. The van der Waals surface area contributed by atoms with Crippen molar-refractivity contribution in [3.63, 3.8) is 0 Å². The Balaban J connectivity index is 2.24. The lowest BCUT2D eigenvalue weighted by Crippen LogP contribution is -2.47. The number of anilines is 1. The van der Waals surface area contributed by atoms with Crippen molar-refractivity contribution in [2.75, 3.05) is 32.6 Å². The maximum Gasteiger partial charge on any atom is 0.254 e. The van der Waals surface area contributed by atoms with Gasteiger partial charge in [0.25, 0.3) is 5.91 Å². The summed E-state index contributed by atoms with van der Waals surface area (Å²) in [6, 6.07) is 5.16. The van der Waals surface area contributed by atoms with Gasteiger partial charge in [0.15, 0.2) is 0 Å². The van der Waals surface area contributed by atoms with Crippen LogP contribution in [0.3, 0.4) is 0 Å². The van der Waals surface area contributed by atoms with Crippen molar-refractivity contribution in [3.8, 4) is 5.75 Å². The molecule has 1 amide bonds. The second-order valence-electron chi connectivity index (χ2n) is 4.42. The maximum absolute atomic E-state index is 12.4. The summed E-state index contributed by atoms with van der Waals surface area (Å²) in [5, 5.41) is 0. The minimum Gasteiger partial charge on any atom is -0.497 e. The molecule has 1 atom stereocenters. The molecule has 2 N–H and O–H groups in total. The molecule has 0 radical (unpaired) electrons. The van der Waals surface area contributed by atoms with Gasteiger partial charge in [-0.2, -0.15) is 0 Å². The largest absolute Gasteiger partial charge is 0.497 e. The van der Waals surface area contributed by atoms with Crippen LogP contribution in [0.1, 0.15) is 17.3 Å². The number of ether oxygens (including phenoxy) is 2. The topological polar surface area (TPSA) is 64.8 Å². The van der Waals surface area contributed by atoms with Gasteiger partial charge in [0.1, 0.15) is 5.75 Å².